The number of benzene rings is 2. The van der Waals surface area contributed by atoms with Gasteiger partial charge in [0.15, 0.2) is 5.75 Å². The van der Waals surface area contributed by atoms with Gasteiger partial charge in [0.2, 0.25) is 0 Å². The number of ether oxygens (including phenoxy) is 1. The van der Waals surface area contributed by atoms with Crippen LogP contribution in [0, 0.1) is 6.92 Å². The van der Waals surface area contributed by atoms with Crippen molar-refractivity contribution in [3.05, 3.63) is 59.7 Å². The first-order valence-corrected chi connectivity index (χ1v) is 6.42. The van der Waals surface area contributed by atoms with Crippen molar-refractivity contribution in [2.45, 2.75) is 19.4 Å². The van der Waals surface area contributed by atoms with Crippen LogP contribution < -0.4 is 9.62 Å². The summed E-state index contributed by atoms with van der Waals surface area (Å²) < 4.78 is 5.79. The fraction of sp³-hybridized carbons (Fsp3) is 0.250. The molecular formula is C16H16O3. The van der Waals surface area contributed by atoms with Gasteiger partial charge in [-0.2, -0.15) is 4.89 Å². The molecule has 0 aliphatic carbocycles. The third-order valence-electron chi connectivity index (χ3n) is 3.21. The number of hydrogen-bond donors (Lipinski definition) is 0. The fourth-order valence-electron chi connectivity index (χ4n) is 2.14. The Bertz CT molecular complexity index is 565. The maximum atomic E-state index is 5.79. The van der Waals surface area contributed by atoms with Gasteiger partial charge in [0, 0.05) is 12.0 Å². The molecule has 0 aromatic heterocycles. The maximum Gasteiger partial charge on any atom is 0.168 e. The van der Waals surface area contributed by atoms with Gasteiger partial charge in [0.1, 0.15) is 18.5 Å². The number of hydrogen-bond acceptors (Lipinski definition) is 3. The average Bonchev–Trinajstić information content (AvgIpc) is 2.46. The van der Waals surface area contributed by atoms with Gasteiger partial charge < -0.3 is 9.62 Å². The molecule has 1 unspecified atom stereocenters. The van der Waals surface area contributed by atoms with E-state index in [9.17, 15) is 0 Å². The lowest BCUT2D eigenvalue weighted by atomic mass is 10.1. The maximum absolute atomic E-state index is 5.79. The minimum absolute atomic E-state index is 0.0745. The minimum Gasteiger partial charge on any atom is -0.490 e. The number of rotatable bonds is 3. The molecule has 0 N–H and O–H groups in total. The Kier molecular flexibility index (Phi) is 3.38. The monoisotopic (exact) mass is 256 g/mol. The lowest BCUT2D eigenvalue weighted by Crippen LogP contribution is -2.29. The quantitative estimate of drug-likeness (QED) is 0.788. The van der Waals surface area contributed by atoms with Crippen molar-refractivity contribution in [1.82, 2.24) is 0 Å². The predicted octanol–water partition coefficient (Wildman–Crippen LogP) is 3.31. The normalized spacial score (nSPS) is 17.4. The van der Waals surface area contributed by atoms with Gasteiger partial charge in [-0.05, 0) is 24.6 Å². The van der Waals surface area contributed by atoms with E-state index >= 15 is 0 Å². The Morgan fingerprint density at radius 3 is 2.79 bits per heavy atom. The second kappa shape index (κ2) is 5.33. The summed E-state index contributed by atoms with van der Waals surface area (Å²) in [6.07, 6.45) is 0.733. The number of fused-ring (bicyclic) bond motifs is 1. The summed E-state index contributed by atoms with van der Waals surface area (Å²) in [7, 11) is 0. The lowest BCUT2D eigenvalue weighted by molar-refractivity contribution is -0.259. The van der Waals surface area contributed by atoms with Crippen LogP contribution in [0.5, 0.6) is 11.5 Å². The van der Waals surface area contributed by atoms with Crippen LogP contribution in [-0.2, 0) is 11.3 Å². The second-order valence-corrected chi connectivity index (χ2v) is 4.69. The predicted molar refractivity (Wildman–Crippen MR) is 72.3 cm³/mol. The van der Waals surface area contributed by atoms with E-state index in [1.165, 1.54) is 0 Å². The Balaban J connectivity index is 1.62. The molecule has 3 heteroatoms. The van der Waals surface area contributed by atoms with Crippen LogP contribution in [0.15, 0.2) is 48.5 Å². The van der Waals surface area contributed by atoms with Crippen LogP contribution in [0.1, 0.15) is 11.1 Å². The third kappa shape index (κ3) is 2.71. The molecule has 0 bridgehead atoms. The summed E-state index contributed by atoms with van der Waals surface area (Å²) in [4.78, 5) is 10.6. The van der Waals surface area contributed by atoms with Gasteiger partial charge in [-0.3, -0.25) is 0 Å². The summed E-state index contributed by atoms with van der Waals surface area (Å²) in [5.74, 6) is 1.69. The molecule has 3 rings (SSSR count). The fourth-order valence-corrected chi connectivity index (χ4v) is 2.14. The summed E-state index contributed by atoms with van der Waals surface area (Å²) in [5.41, 5.74) is 2.28. The molecule has 1 heterocycles. The molecule has 98 valence electrons. The van der Waals surface area contributed by atoms with E-state index in [0.29, 0.717) is 6.61 Å². The molecule has 3 nitrogen and oxygen atoms in total. The van der Waals surface area contributed by atoms with Crippen molar-refractivity contribution in [3.63, 3.8) is 0 Å². The SMILES string of the molecule is Cc1ccccc1OCC1Cc2ccccc2OO1. The molecule has 0 saturated carbocycles. The molecule has 0 saturated heterocycles. The lowest BCUT2D eigenvalue weighted by Gasteiger charge is -2.24. The highest BCUT2D eigenvalue weighted by Gasteiger charge is 2.21. The van der Waals surface area contributed by atoms with E-state index < -0.39 is 0 Å². The van der Waals surface area contributed by atoms with Crippen molar-refractivity contribution in [1.29, 1.82) is 0 Å². The number of aryl methyl sites for hydroxylation is 1. The molecule has 2 aromatic rings. The van der Waals surface area contributed by atoms with Crippen molar-refractivity contribution >= 4 is 0 Å². The average molecular weight is 256 g/mol. The first kappa shape index (κ1) is 12.1. The molecular weight excluding hydrogens is 240 g/mol. The molecule has 0 spiro atoms. The van der Waals surface area contributed by atoms with Crippen molar-refractivity contribution in [2.75, 3.05) is 6.61 Å². The van der Waals surface area contributed by atoms with E-state index in [0.717, 1.165) is 29.0 Å². The van der Waals surface area contributed by atoms with E-state index in [1.807, 2.05) is 49.4 Å². The Morgan fingerprint density at radius 1 is 1.11 bits per heavy atom. The van der Waals surface area contributed by atoms with Gasteiger partial charge in [-0.25, -0.2) is 0 Å². The topological polar surface area (TPSA) is 27.7 Å². The molecule has 0 fully saturated rings. The molecule has 19 heavy (non-hydrogen) atoms. The first-order chi connectivity index (χ1) is 9.33. The largest absolute Gasteiger partial charge is 0.490 e. The highest BCUT2D eigenvalue weighted by Crippen LogP contribution is 2.26. The third-order valence-corrected chi connectivity index (χ3v) is 3.21. The molecule has 2 aromatic carbocycles. The highest BCUT2D eigenvalue weighted by molar-refractivity contribution is 5.34. The van der Waals surface area contributed by atoms with Gasteiger partial charge in [0.05, 0.1) is 0 Å². The zero-order valence-corrected chi connectivity index (χ0v) is 10.8. The van der Waals surface area contributed by atoms with Crippen molar-refractivity contribution < 1.29 is 14.5 Å². The van der Waals surface area contributed by atoms with E-state index in [-0.39, 0.29) is 6.10 Å². The Labute approximate surface area is 112 Å². The first-order valence-electron chi connectivity index (χ1n) is 6.42. The van der Waals surface area contributed by atoms with Gasteiger partial charge in [-0.15, -0.1) is 0 Å². The van der Waals surface area contributed by atoms with Crippen LogP contribution in [-0.4, -0.2) is 12.7 Å². The highest BCUT2D eigenvalue weighted by atomic mass is 17.2. The summed E-state index contributed by atoms with van der Waals surface area (Å²) >= 11 is 0. The molecule has 0 amide bonds. The summed E-state index contributed by atoms with van der Waals surface area (Å²) in [6.45, 7) is 2.52. The van der Waals surface area contributed by atoms with E-state index in [2.05, 4.69) is 6.07 Å². The van der Waals surface area contributed by atoms with Gasteiger partial charge >= 0.3 is 0 Å². The van der Waals surface area contributed by atoms with Crippen LogP contribution in [0.2, 0.25) is 0 Å². The minimum atomic E-state index is -0.0745. The van der Waals surface area contributed by atoms with Crippen molar-refractivity contribution in [2.24, 2.45) is 0 Å². The Hall–Kier alpha value is -2.00. The van der Waals surface area contributed by atoms with Crippen LogP contribution in [0.25, 0.3) is 0 Å². The summed E-state index contributed by atoms with van der Waals surface area (Å²) in [5, 5.41) is 0. The van der Waals surface area contributed by atoms with Crippen molar-refractivity contribution in [3.8, 4) is 11.5 Å². The van der Waals surface area contributed by atoms with Gasteiger partial charge in [-0.1, -0.05) is 36.4 Å². The van der Waals surface area contributed by atoms with Gasteiger partial charge in [0.25, 0.3) is 0 Å². The zero-order valence-electron chi connectivity index (χ0n) is 10.8. The number of para-hydroxylation sites is 2. The molecule has 1 aliphatic rings. The van der Waals surface area contributed by atoms with Crippen LogP contribution >= 0.6 is 0 Å². The summed E-state index contributed by atoms with van der Waals surface area (Å²) in [6, 6.07) is 15.9. The van der Waals surface area contributed by atoms with Crippen LogP contribution in [0.4, 0.5) is 0 Å². The molecule has 0 radical (unpaired) electrons. The Morgan fingerprint density at radius 2 is 1.89 bits per heavy atom. The van der Waals surface area contributed by atoms with Crippen LogP contribution in [0.3, 0.4) is 0 Å². The van der Waals surface area contributed by atoms with E-state index in [1.54, 1.807) is 0 Å². The molecule has 1 atom stereocenters. The standard InChI is InChI=1S/C16H16O3/c1-12-6-2-4-8-15(12)17-11-14-10-13-7-3-5-9-16(13)19-18-14/h2-9,14H,10-11H2,1H3. The second-order valence-electron chi connectivity index (χ2n) is 4.69. The smallest absolute Gasteiger partial charge is 0.168 e. The molecule has 1 aliphatic heterocycles. The van der Waals surface area contributed by atoms with E-state index in [4.69, 9.17) is 14.5 Å². The zero-order chi connectivity index (χ0) is 13.1.